The number of carbonyl (C=O) groups excluding carboxylic acids is 2. The van der Waals surface area contributed by atoms with E-state index in [1.807, 2.05) is 72.0 Å². The van der Waals surface area contributed by atoms with E-state index in [4.69, 9.17) is 29.6 Å². The van der Waals surface area contributed by atoms with Crippen LogP contribution in [-0.4, -0.2) is 109 Å². The van der Waals surface area contributed by atoms with E-state index >= 15 is 0 Å². The van der Waals surface area contributed by atoms with Crippen LogP contribution in [0.5, 0.6) is 0 Å². The van der Waals surface area contributed by atoms with Crippen molar-refractivity contribution >= 4 is 52.3 Å². The van der Waals surface area contributed by atoms with Gasteiger partial charge in [0.05, 0.1) is 59.4 Å². The molecule has 0 aliphatic heterocycles. The van der Waals surface area contributed by atoms with Crippen molar-refractivity contribution in [3.05, 3.63) is 108 Å². The third kappa shape index (κ3) is 11.4. The fourth-order valence-electron chi connectivity index (χ4n) is 7.94. The Hall–Kier alpha value is -7.27. The van der Waals surface area contributed by atoms with Crippen LogP contribution in [0.3, 0.4) is 0 Å². The average molecular weight is 945 g/mol. The standard InChI is InChI=1S/2C22H23N7O2S.CH2O2/c2*1-2-31-16-7-6-15(9-16)29-12-18(20(28-29)17-5-3-4-8-23-17)26-21(30)19-13-32-22(27-19)14-10-24-25-11-14;2-1-3/h2*3-5,8,10-13,15-16H,2,6-7,9H2,1H3,(H,24,25)(H,26,30);1H,(H,2,3)/t2*15-,16+;/m00./s1. The van der Waals surface area contributed by atoms with Gasteiger partial charge in [0.1, 0.15) is 32.8 Å². The van der Waals surface area contributed by atoms with Gasteiger partial charge in [-0.2, -0.15) is 20.4 Å². The number of anilines is 2. The Balaban J connectivity index is 0.000000172. The lowest BCUT2D eigenvalue weighted by Crippen LogP contribution is -2.13. The van der Waals surface area contributed by atoms with E-state index in [2.05, 4.69) is 51.0 Å². The Morgan fingerprint density at radius 3 is 1.55 bits per heavy atom. The minimum atomic E-state index is -0.286. The summed E-state index contributed by atoms with van der Waals surface area (Å²) in [5.41, 5.74) is 6.33. The van der Waals surface area contributed by atoms with Crippen LogP contribution in [0.2, 0.25) is 0 Å². The summed E-state index contributed by atoms with van der Waals surface area (Å²) < 4.78 is 15.5. The van der Waals surface area contributed by atoms with Gasteiger partial charge in [-0.15, -0.1) is 22.7 Å². The monoisotopic (exact) mass is 944 g/mol. The van der Waals surface area contributed by atoms with Crippen molar-refractivity contribution in [1.29, 1.82) is 0 Å². The van der Waals surface area contributed by atoms with Crippen molar-refractivity contribution in [3.63, 3.8) is 0 Å². The second kappa shape index (κ2) is 22.3. The topological polar surface area (TPSA) is 259 Å². The van der Waals surface area contributed by atoms with Gasteiger partial charge in [-0.1, -0.05) is 12.1 Å². The maximum Gasteiger partial charge on any atom is 0.290 e. The van der Waals surface area contributed by atoms with Crippen molar-refractivity contribution in [2.75, 3.05) is 23.8 Å². The highest BCUT2D eigenvalue weighted by molar-refractivity contribution is 7.13. The highest BCUT2D eigenvalue weighted by atomic mass is 32.1. The van der Waals surface area contributed by atoms with Gasteiger partial charge in [-0.05, 0) is 76.6 Å². The van der Waals surface area contributed by atoms with E-state index in [9.17, 15) is 9.59 Å². The van der Waals surface area contributed by atoms with Crippen LogP contribution in [0.1, 0.15) is 85.4 Å². The van der Waals surface area contributed by atoms with Crippen molar-refractivity contribution in [2.45, 2.75) is 76.7 Å². The van der Waals surface area contributed by atoms with Crippen molar-refractivity contribution < 1.29 is 29.0 Å². The molecule has 10 rings (SSSR count). The number of hydrogen-bond acceptors (Lipinski definition) is 15. The summed E-state index contributed by atoms with van der Waals surface area (Å²) in [7, 11) is 0. The summed E-state index contributed by atoms with van der Waals surface area (Å²) in [5, 5.41) is 40.8. The molecule has 5 N–H and O–H groups in total. The molecule has 0 saturated heterocycles. The molecule has 8 aromatic rings. The summed E-state index contributed by atoms with van der Waals surface area (Å²) in [4.78, 5) is 52.1. The van der Waals surface area contributed by atoms with E-state index < -0.39 is 0 Å². The first-order valence-electron chi connectivity index (χ1n) is 21.7. The zero-order valence-corrected chi connectivity index (χ0v) is 38.2. The molecule has 2 aliphatic rings. The van der Waals surface area contributed by atoms with E-state index in [-0.39, 0.29) is 42.6 Å². The van der Waals surface area contributed by atoms with Gasteiger partial charge >= 0.3 is 0 Å². The smallest absolute Gasteiger partial charge is 0.290 e. The van der Waals surface area contributed by atoms with Crippen molar-refractivity contribution in [2.24, 2.45) is 0 Å². The molecule has 8 heterocycles. The van der Waals surface area contributed by atoms with Gasteiger partial charge in [-0.3, -0.25) is 43.9 Å². The second-order valence-corrected chi connectivity index (χ2v) is 17.0. The first-order chi connectivity index (χ1) is 32.8. The van der Waals surface area contributed by atoms with E-state index in [0.717, 1.165) is 59.7 Å². The highest BCUT2D eigenvalue weighted by Crippen LogP contribution is 2.37. The molecule has 4 atom stereocenters. The van der Waals surface area contributed by atoms with Crippen LogP contribution in [0, 0.1) is 0 Å². The molecule has 8 aromatic heterocycles. The third-order valence-corrected chi connectivity index (χ3v) is 12.8. The Kier molecular flexibility index (Phi) is 15.4. The SMILES string of the molecule is CCO[C@@H]1CC[C@H](n2cc(NC(=O)c3csc(-c4cn[nH]c4)n3)c(-c3ccccn3)n2)C1.CCO[C@@H]1CC[C@H](n2cc(NC(=O)c3csc(-c4cn[nH]c4)n3)c(-c3ccccn3)n2)C1.O=CO. The number of amides is 2. The summed E-state index contributed by atoms with van der Waals surface area (Å²) in [6.45, 7) is 5.21. The average Bonchev–Trinajstić information content (AvgIpc) is 4.19. The van der Waals surface area contributed by atoms with Gasteiger partial charge < -0.3 is 25.2 Å². The maximum atomic E-state index is 13.0. The summed E-state index contributed by atoms with van der Waals surface area (Å²) in [6, 6.07) is 11.8. The van der Waals surface area contributed by atoms with Crippen LogP contribution in [0.25, 0.3) is 43.9 Å². The molecule has 0 radical (unpaired) electrons. The Morgan fingerprint density at radius 1 is 0.731 bits per heavy atom. The molecular formula is C45H48N14O6S2. The number of ether oxygens (including phenoxy) is 2. The van der Waals surface area contributed by atoms with Crippen LogP contribution < -0.4 is 10.6 Å². The largest absolute Gasteiger partial charge is 0.483 e. The molecule has 2 aliphatic carbocycles. The lowest BCUT2D eigenvalue weighted by Gasteiger charge is -2.11. The lowest BCUT2D eigenvalue weighted by molar-refractivity contribution is -0.122. The van der Waals surface area contributed by atoms with Gasteiger partial charge in [-0.25, -0.2) is 9.97 Å². The first-order valence-corrected chi connectivity index (χ1v) is 23.4. The highest BCUT2D eigenvalue weighted by Gasteiger charge is 2.30. The maximum absolute atomic E-state index is 13.0. The fraction of sp³-hybridized carbons (Fsp3) is 0.311. The Labute approximate surface area is 392 Å². The second-order valence-electron chi connectivity index (χ2n) is 15.3. The Morgan fingerprint density at radius 2 is 1.18 bits per heavy atom. The molecule has 0 aromatic carbocycles. The number of carbonyl (C=O) groups is 3. The molecule has 2 amide bonds. The summed E-state index contributed by atoms with van der Waals surface area (Å²) >= 11 is 2.80. The number of pyridine rings is 2. The third-order valence-electron chi connectivity index (χ3n) is 11.0. The fourth-order valence-corrected chi connectivity index (χ4v) is 9.51. The minimum Gasteiger partial charge on any atom is -0.483 e. The molecule has 0 unspecified atom stereocenters. The molecule has 346 valence electrons. The molecular weight excluding hydrogens is 897 g/mol. The van der Waals surface area contributed by atoms with Gasteiger partial charge in [0, 0.05) is 72.3 Å². The van der Waals surface area contributed by atoms with E-state index in [1.54, 1.807) is 47.9 Å². The molecule has 67 heavy (non-hydrogen) atoms. The van der Waals surface area contributed by atoms with Gasteiger partial charge in [0.15, 0.2) is 0 Å². The number of aromatic nitrogens is 12. The molecule has 0 bridgehead atoms. The zero-order chi connectivity index (χ0) is 46.5. The van der Waals surface area contributed by atoms with Crippen LogP contribution in [0.4, 0.5) is 11.4 Å². The number of thiazole rings is 2. The number of nitrogens with one attached hydrogen (secondary N) is 4. The summed E-state index contributed by atoms with van der Waals surface area (Å²) in [5.74, 6) is -0.572. The molecule has 2 fully saturated rings. The molecule has 22 heteroatoms. The first kappa shape index (κ1) is 46.3. The summed E-state index contributed by atoms with van der Waals surface area (Å²) in [6.07, 6.45) is 20.4. The number of H-pyrrole nitrogens is 2. The van der Waals surface area contributed by atoms with E-state index in [1.165, 1.54) is 22.7 Å². The molecule has 20 nitrogen and oxygen atoms in total. The van der Waals surface area contributed by atoms with Crippen LogP contribution in [-0.2, 0) is 14.3 Å². The normalized spacial score (nSPS) is 17.5. The number of aromatic amines is 2. The van der Waals surface area contributed by atoms with Crippen molar-refractivity contribution in [1.82, 2.24) is 59.9 Å². The molecule has 0 spiro atoms. The quantitative estimate of drug-likeness (QED) is 0.0647. The number of nitrogens with zero attached hydrogens (tertiary/aromatic N) is 10. The lowest BCUT2D eigenvalue weighted by atomic mass is 10.2. The van der Waals surface area contributed by atoms with E-state index in [0.29, 0.717) is 58.8 Å². The Bertz CT molecular complexity index is 2620. The number of carboxylic acid groups (broad SMARTS) is 1. The van der Waals surface area contributed by atoms with Crippen LogP contribution >= 0.6 is 22.7 Å². The predicted octanol–water partition coefficient (Wildman–Crippen LogP) is 8.05. The molecule has 2 saturated carbocycles. The van der Waals surface area contributed by atoms with Gasteiger partial charge in [0.25, 0.3) is 18.3 Å². The van der Waals surface area contributed by atoms with Crippen molar-refractivity contribution in [3.8, 4) is 43.9 Å². The van der Waals surface area contributed by atoms with Crippen LogP contribution in [0.15, 0.2) is 96.7 Å². The number of rotatable bonds is 14. The predicted molar refractivity (Wildman–Crippen MR) is 252 cm³/mol. The number of hydrogen-bond donors (Lipinski definition) is 5. The van der Waals surface area contributed by atoms with Gasteiger partial charge in [0.2, 0.25) is 0 Å². The zero-order valence-electron chi connectivity index (χ0n) is 36.6. The minimum absolute atomic E-state index is 0.228.